The number of aryl methyl sites for hydroxylation is 2. The Balaban J connectivity index is 1.40. The van der Waals surface area contributed by atoms with Crippen LogP contribution >= 0.6 is 0 Å². The van der Waals surface area contributed by atoms with Crippen molar-refractivity contribution in [3.63, 3.8) is 0 Å². The monoisotopic (exact) mass is 472 g/mol. The number of rotatable bonds is 6. The lowest BCUT2D eigenvalue weighted by atomic mass is 9.99. The van der Waals surface area contributed by atoms with Gasteiger partial charge in [-0.1, -0.05) is 30.3 Å². The van der Waals surface area contributed by atoms with Crippen LogP contribution in [0.25, 0.3) is 0 Å². The average molecular weight is 473 g/mol. The van der Waals surface area contributed by atoms with Crippen molar-refractivity contribution in [2.75, 3.05) is 25.5 Å². The predicted octanol–water partition coefficient (Wildman–Crippen LogP) is 4.74. The highest BCUT2D eigenvalue weighted by Gasteiger charge is 2.38. The third kappa shape index (κ3) is 4.63. The Labute approximate surface area is 206 Å². The molecule has 1 unspecified atom stereocenters. The molecule has 2 aliphatic rings. The summed E-state index contributed by atoms with van der Waals surface area (Å²) in [4.78, 5) is 30.7. The normalized spacial score (nSPS) is 17.0. The summed E-state index contributed by atoms with van der Waals surface area (Å²) in [5, 5.41) is 3.07. The van der Waals surface area contributed by atoms with Gasteiger partial charge in [0.2, 0.25) is 5.91 Å². The van der Waals surface area contributed by atoms with Crippen LogP contribution in [0.15, 0.2) is 60.8 Å². The first-order valence-corrected chi connectivity index (χ1v) is 12.2. The first kappa shape index (κ1) is 23.0. The molecule has 0 spiro atoms. The highest BCUT2D eigenvalue weighted by molar-refractivity contribution is 5.94. The number of aromatic nitrogens is 1. The Morgan fingerprint density at radius 2 is 1.77 bits per heavy atom. The van der Waals surface area contributed by atoms with Gasteiger partial charge in [-0.15, -0.1) is 0 Å². The smallest absolute Gasteiger partial charge is 0.322 e. The molecule has 7 nitrogen and oxygen atoms in total. The van der Waals surface area contributed by atoms with Crippen molar-refractivity contribution in [1.82, 2.24) is 14.4 Å². The summed E-state index contributed by atoms with van der Waals surface area (Å²) in [5.41, 5.74) is 4.90. The maximum absolute atomic E-state index is 13.8. The number of hydrogen-bond donors (Lipinski definition) is 1. The quantitative estimate of drug-likeness (QED) is 0.563. The lowest BCUT2D eigenvalue weighted by molar-refractivity contribution is -0.134. The standard InChI is InChI=1S/C28H32N4O3/c1-19-7-4-8-20(2)26(19)29-28(34)32(22-12-13-22)18-25(33)31-16-15-30-14-6-11-24(30)27(31)21-9-5-10-23(17-21)35-3/h4-11,14,17,22,27H,12-13,15-16,18H2,1-3H3,(H,29,34). The number of amides is 3. The van der Waals surface area contributed by atoms with E-state index in [4.69, 9.17) is 4.74 Å². The highest BCUT2D eigenvalue weighted by atomic mass is 16.5. The first-order valence-electron chi connectivity index (χ1n) is 12.2. The number of carbonyl (C=O) groups is 2. The molecule has 0 radical (unpaired) electrons. The van der Waals surface area contributed by atoms with E-state index in [-0.39, 0.29) is 30.6 Å². The Hall–Kier alpha value is -3.74. The third-order valence-electron chi connectivity index (χ3n) is 7.04. The molecule has 3 aromatic rings. The minimum absolute atomic E-state index is 0.0474. The fourth-order valence-corrected chi connectivity index (χ4v) is 4.99. The molecule has 2 aromatic carbocycles. The minimum atomic E-state index is -0.232. The van der Waals surface area contributed by atoms with Gasteiger partial charge in [-0.2, -0.15) is 0 Å². The molecule has 2 heterocycles. The molecule has 1 saturated carbocycles. The van der Waals surface area contributed by atoms with E-state index in [1.54, 1.807) is 12.0 Å². The SMILES string of the molecule is COc1cccc(C2c3cccn3CCN2C(=O)CN(C(=O)Nc2c(C)cccc2C)C2CC2)c1. The van der Waals surface area contributed by atoms with Crippen molar-refractivity contribution in [3.8, 4) is 5.75 Å². The van der Waals surface area contributed by atoms with E-state index in [9.17, 15) is 9.59 Å². The number of benzene rings is 2. The summed E-state index contributed by atoms with van der Waals surface area (Å²) in [6.45, 7) is 5.34. The number of para-hydroxylation sites is 1. The number of carbonyl (C=O) groups excluding carboxylic acids is 2. The second-order valence-corrected chi connectivity index (χ2v) is 9.45. The largest absolute Gasteiger partial charge is 0.497 e. The van der Waals surface area contributed by atoms with E-state index in [0.29, 0.717) is 6.54 Å². The fourth-order valence-electron chi connectivity index (χ4n) is 4.99. The fraction of sp³-hybridized carbons (Fsp3) is 0.357. The lowest BCUT2D eigenvalue weighted by Crippen LogP contribution is -2.49. The molecule has 35 heavy (non-hydrogen) atoms. The van der Waals surface area contributed by atoms with Crippen molar-refractivity contribution < 1.29 is 14.3 Å². The summed E-state index contributed by atoms with van der Waals surface area (Å²) in [7, 11) is 1.65. The van der Waals surface area contributed by atoms with E-state index in [2.05, 4.69) is 22.1 Å². The highest BCUT2D eigenvalue weighted by Crippen LogP contribution is 2.35. The molecule has 0 bridgehead atoms. The van der Waals surface area contributed by atoms with Gasteiger partial charge in [0.1, 0.15) is 12.3 Å². The molecule has 1 aromatic heterocycles. The molecule has 1 fully saturated rings. The topological polar surface area (TPSA) is 66.8 Å². The van der Waals surface area contributed by atoms with E-state index in [1.807, 2.05) is 67.3 Å². The van der Waals surface area contributed by atoms with Gasteiger partial charge in [0.25, 0.3) is 0 Å². The Bertz CT molecular complexity index is 1230. The lowest BCUT2D eigenvalue weighted by Gasteiger charge is -2.38. The third-order valence-corrected chi connectivity index (χ3v) is 7.04. The van der Waals surface area contributed by atoms with Crippen LogP contribution < -0.4 is 10.1 Å². The van der Waals surface area contributed by atoms with Crippen molar-refractivity contribution in [2.24, 2.45) is 0 Å². The Kier molecular flexibility index (Phi) is 6.24. The Morgan fingerprint density at radius 1 is 1.03 bits per heavy atom. The molecule has 1 N–H and O–H groups in total. The number of hydrogen-bond acceptors (Lipinski definition) is 3. The van der Waals surface area contributed by atoms with Crippen molar-refractivity contribution >= 4 is 17.6 Å². The zero-order chi connectivity index (χ0) is 24.5. The van der Waals surface area contributed by atoms with Crippen LogP contribution in [0, 0.1) is 13.8 Å². The van der Waals surface area contributed by atoms with Crippen LogP contribution in [0.3, 0.4) is 0 Å². The average Bonchev–Trinajstić information content (AvgIpc) is 3.59. The van der Waals surface area contributed by atoms with E-state index in [0.717, 1.165) is 53.2 Å². The van der Waals surface area contributed by atoms with Gasteiger partial charge >= 0.3 is 6.03 Å². The molecule has 1 aliphatic carbocycles. The van der Waals surface area contributed by atoms with Crippen LogP contribution in [0.4, 0.5) is 10.5 Å². The van der Waals surface area contributed by atoms with Crippen molar-refractivity contribution in [3.05, 3.63) is 83.2 Å². The van der Waals surface area contributed by atoms with Gasteiger partial charge in [-0.05, 0) is 67.6 Å². The van der Waals surface area contributed by atoms with Gasteiger partial charge in [0, 0.05) is 36.7 Å². The molecule has 1 aliphatic heterocycles. The first-order chi connectivity index (χ1) is 17.0. The maximum Gasteiger partial charge on any atom is 0.322 e. The summed E-state index contributed by atoms with van der Waals surface area (Å²) < 4.78 is 7.65. The van der Waals surface area contributed by atoms with Gasteiger partial charge in [0.15, 0.2) is 0 Å². The van der Waals surface area contributed by atoms with Crippen molar-refractivity contribution in [1.29, 1.82) is 0 Å². The van der Waals surface area contributed by atoms with E-state index in [1.165, 1.54) is 0 Å². The second-order valence-electron chi connectivity index (χ2n) is 9.45. The predicted molar refractivity (Wildman–Crippen MR) is 136 cm³/mol. The van der Waals surface area contributed by atoms with Crippen LogP contribution in [-0.2, 0) is 11.3 Å². The maximum atomic E-state index is 13.8. The molecule has 0 saturated heterocycles. The zero-order valence-corrected chi connectivity index (χ0v) is 20.5. The number of anilines is 1. The Morgan fingerprint density at radius 3 is 2.49 bits per heavy atom. The number of urea groups is 1. The molecule has 3 amide bonds. The zero-order valence-electron chi connectivity index (χ0n) is 20.5. The van der Waals surface area contributed by atoms with Gasteiger partial charge in [-0.3, -0.25) is 4.79 Å². The van der Waals surface area contributed by atoms with E-state index < -0.39 is 0 Å². The van der Waals surface area contributed by atoms with Crippen LogP contribution in [0.1, 0.15) is 41.3 Å². The molecule has 7 heteroatoms. The summed E-state index contributed by atoms with van der Waals surface area (Å²) in [6, 6.07) is 17.6. The minimum Gasteiger partial charge on any atom is -0.497 e. The molecule has 5 rings (SSSR count). The van der Waals surface area contributed by atoms with Crippen LogP contribution in [0.2, 0.25) is 0 Å². The summed E-state index contributed by atoms with van der Waals surface area (Å²) in [5.74, 6) is 0.708. The summed E-state index contributed by atoms with van der Waals surface area (Å²) in [6.07, 6.45) is 3.91. The van der Waals surface area contributed by atoms with Crippen molar-refractivity contribution in [2.45, 2.75) is 45.3 Å². The number of methoxy groups -OCH3 is 1. The summed E-state index contributed by atoms with van der Waals surface area (Å²) >= 11 is 0. The second kappa shape index (κ2) is 9.49. The molecular weight excluding hydrogens is 440 g/mol. The van der Waals surface area contributed by atoms with Crippen LogP contribution in [0.5, 0.6) is 5.75 Å². The molecular formula is C28H32N4O3. The number of fused-ring (bicyclic) bond motifs is 1. The van der Waals surface area contributed by atoms with Gasteiger partial charge in [-0.25, -0.2) is 4.79 Å². The number of ether oxygens (including phenoxy) is 1. The van der Waals surface area contributed by atoms with Gasteiger partial charge < -0.3 is 24.4 Å². The van der Waals surface area contributed by atoms with Gasteiger partial charge in [0.05, 0.1) is 13.2 Å². The molecule has 182 valence electrons. The molecule has 1 atom stereocenters. The van der Waals surface area contributed by atoms with Crippen LogP contribution in [-0.4, -0.2) is 52.5 Å². The number of nitrogens with one attached hydrogen (secondary N) is 1. The number of nitrogens with zero attached hydrogens (tertiary/aromatic N) is 3. The van der Waals surface area contributed by atoms with E-state index >= 15 is 0 Å².